The van der Waals surface area contributed by atoms with E-state index in [-0.39, 0.29) is 0 Å². The van der Waals surface area contributed by atoms with Gasteiger partial charge in [0.1, 0.15) is 0 Å². The molecule has 0 heteroatoms. The van der Waals surface area contributed by atoms with Crippen molar-refractivity contribution in [2.24, 2.45) is 0 Å². The molecule has 0 aliphatic rings. The molecule has 0 N–H and O–H groups in total. The van der Waals surface area contributed by atoms with Gasteiger partial charge < -0.3 is 0 Å². The molecule has 0 saturated carbocycles. The number of aryl methyl sites for hydroxylation is 1. The zero-order valence-electron chi connectivity index (χ0n) is 8.66. The number of benzene rings is 1. The predicted octanol–water partition coefficient (Wildman–Crippen LogP) is 3.84. The Kier molecular flexibility index (Phi) is 3.93. The van der Waals surface area contributed by atoms with E-state index in [1.807, 2.05) is 12.2 Å². The van der Waals surface area contributed by atoms with Gasteiger partial charge in [0.05, 0.1) is 0 Å². The molecular formula is C14H16. The number of hydrogen-bond donors (Lipinski definition) is 0. The Morgan fingerprint density at radius 3 is 2.50 bits per heavy atom. The molecule has 0 unspecified atom stereocenters. The van der Waals surface area contributed by atoms with Crippen LogP contribution in [0.2, 0.25) is 0 Å². The smallest absolute Gasteiger partial charge is 0.00316 e. The van der Waals surface area contributed by atoms with Gasteiger partial charge in [-0.1, -0.05) is 66.8 Å². The van der Waals surface area contributed by atoms with Gasteiger partial charge >= 0.3 is 0 Å². The summed E-state index contributed by atoms with van der Waals surface area (Å²) in [5, 5.41) is 0. The molecule has 1 rings (SSSR count). The first-order valence-electron chi connectivity index (χ1n) is 4.75. The van der Waals surface area contributed by atoms with Crippen LogP contribution in [0.5, 0.6) is 0 Å². The molecule has 0 nitrogen and oxygen atoms in total. The Labute approximate surface area is 86.3 Å². The molecule has 0 bridgehead atoms. The second kappa shape index (κ2) is 5.23. The van der Waals surface area contributed by atoms with Crippen molar-refractivity contribution in [2.45, 2.75) is 13.3 Å². The largest absolute Gasteiger partial charge is 0.0991 e. The van der Waals surface area contributed by atoms with Crippen LogP contribution in [0.1, 0.15) is 11.1 Å². The van der Waals surface area contributed by atoms with Crippen molar-refractivity contribution in [1.29, 1.82) is 0 Å². The molecule has 0 aliphatic heterocycles. The van der Waals surface area contributed by atoms with E-state index in [4.69, 9.17) is 0 Å². The third-order valence-electron chi connectivity index (χ3n) is 2.02. The minimum Gasteiger partial charge on any atom is -0.0991 e. The van der Waals surface area contributed by atoms with Crippen molar-refractivity contribution in [2.75, 3.05) is 0 Å². The van der Waals surface area contributed by atoms with Crippen LogP contribution in [-0.2, 0) is 6.42 Å². The molecule has 1 aromatic carbocycles. The minimum absolute atomic E-state index is 0.907. The summed E-state index contributed by atoms with van der Waals surface area (Å²) in [6.07, 6.45) is 6.58. The van der Waals surface area contributed by atoms with Crippen molar-refractivity contribution >= 4 is 0 Å². The van der Waals surface area contributed by atoms with E-state index in [0.29, 0.717) is 0 Å². The molecule has 0 fully saturated rings. The number of rotatable bonds is 4. The van der Waals surface area contributed by atoms with E-state index in [1.165, 1.54) is 11.1 Å². The van der Waals surface area contributed by atoms with Crippen LogP contribution in [0.25, 0.3) is 0 Å². The van der Waals surface area contributed by atoms with E-state index >= 15 is 0 Å². The van der Waals surface area contributed by atoms with Crippen LogP contribution >= 0.6 is 0 Å². The summed E-state index contributed by atoms with van der Waals surface area (Å²) >= 11 is 0. The van der Waals surface area contributed by atoms with Crippen LogP contribution in [0, 0.1) is 6.92 Å². The molecule has 72 valence electrons. The lowest BCUT2D eigenvalue weighted by atomic mass is 10.0. The van der Waals surface area contributed by atoms with Crippen molar-refractivity contribution < 1.29 is 0 Å². The molecule has 14 heavy (non-hydrogen) atoms. The van der Waals surface area contributed by atoms with Crippen LogP contribution in [0.3, 0.4) is 0 Å². The van der Waals surface area contributed by atoms with Gasteiger partial charge in [-0.3, -0.25) is 0 Å². The van der Waals surface area contributed by atoms with Gasteiger partial charge in [-0.15, -0.1) is 0 Å². The minimum atomic E-state index is 0.907. The Morgan fingerprint density at radius 1 is 1.29 bits per heavy atom. The highest BCUT2D eigenvalue weighted by molar-refractivity contribution is 5.29. The van der Waals surface area contributed by atoms with E-state index in [1.54, 1.807) is 6.08 Å². The Hall–Kier alpha value is -1.56. The first-order chi connectivity index (χ1) is 6.72. The normalized spacial score (nSPS) is 10.4. The van der Waals surface area contributed by atoms with Gasteiger partial charge in [0, 0.05) is 0 Å². The Balaban J connectivity index is 2.60. The fourth-order valence-corrected chi connectivity index (χ4v) is 1.23. The second-order valence-electron chi connectivity index (χ2n) is 3.42. The molecule has 0 aliphatic carbocycles. The SMILES string of the molecule is C=C/C=C\C(=C)Cc1ccc(C)cc1. The quantitative estimate of drug-likeness (QED) is 0.624. The zero-order valence-corrected chi connectivity index (χ0v) is 8.66. The highest BCUT2D eigenvalue weighted by Gasteiger charge is 1.93. The van der Waals surface area contributed by atoms with Crippen molar-refractivity contribution in [3.8, 4) is 0 Å². The highest BCUT2D eigenvalue weighted by atomic mass is 14.0. The van der Waals surface area contributed by atoms with Crippen LogP contribution in [0.15, 0.2) is 61.2 Å². The van der Waals surface area contributed by atoms with Gasteiger partial charge in [-0.2, -0.15) is 0 Å². The summed E-state index contributed by atoms with van der Waals surface area (Å²) in [6, 6.07) is 8.53. The molecule has 0 radical (unpaired) electrons. The van der Waals surface area contributed by atoms with Crippen molar-refractivity contribution in [3.63, 3.8) is 0 Å². The highest BCUT2D eigenvalue weighted by Crippen LogP contribution is 2.09. The molecular weight excluding hydrogens is 168 g/mol. The maximum atomic E-state index is 3.98. The molecule has 0 heterocycles. The van der Waals surface area contributed by atoms with Crippen LogP contribution in [0.4, 0.5) is 0 Å². The first-order valence-corrected chi connectivity index (χ1v) is 4.75. The average molecular weight is 184 g/mol. The van der Waals surface area contributed by atoms with E-state index in [9.17, 15) is 0 Å². The molecule has 0 aromatic heterocycles. The lowest BCUT2D eigenvalue weighted by molar-refractivity contribution is 1.20. The Bertz CT molecular complexity index is 339. The van der Waals surface area contributed by atoms with Crippen molar-refractivity contribution in [1.82, 2.24) is 0 Å². The van der Waals surface area contributed by atoms with Gasteiger partial charge in [-0.05, 0) is 18.9 Å². The van der Waals surface area contributed by atoms with Gasteiger partial charge in [0.2, 0.25) is 0 Å². The average Bonchev–Trinajstić information content (AvgIpc) is 2.18. The first kappa shape index (κ1) is 10.5. The lowest BCUT2D eigenvalue weighted by Gasteiger charge is -2.01. The third-order valence-corrected chi connectivity index (χ3v) is 2.02. The molecule has 0 amide bonds. The summed E-state index contributed by atoms with van der Waals surface area (Å²) in [5.41, 5.74) is 3.70. The monoisotopic (exact) mass is 184 g/mol. The topological polar surface area (TPSA) is 0 Å². The van der Waals surface area contributed by atoms with Gasteiger partial charge in [0.15, 0.2) is 0 Å². The fraction of sp³-hybridized carbons (Fsp3) is 0.143. The Morgan fingerprint density at radius 2 is 1.93 bits per heavy atom. The summed E-state index contributed by atoms with van der Waals surface area (Å²) < 4.78 is 0. The fourth-order valence-electron chi connectivity index (χ4n) is 1.23. The maximum absolute atomic E-state index is 3.98. The van der Waals surface area contributed by atoms with Crippen molar-refractivity contribution in [3.05, 3.63) is 72.4 Å². The standard InChI is InChI=1S/C14H16/c1-4-5-6-13(3)11-14-9-7-12(2)8-10-14/h4-10H,1,3,11H2,2H3/b6-5-. The second-order valence-corrected chi connectivity index (χ2v) is 3.42. The maximum Gasteiger partial charge on any atom is -0.00316 e. The molecule has 1 aromatic rings. The molecule has 0 spiro atoms. The summed E-state index contributed by atoms with van der Waals surface area (Å²) in [6.45, 7) is 9.69. The summed E-state index contributed by atoms with van der Waals surface area (Å²) in [7, 11) is 0. The van der Waals surface area contributed by atoms with Gasteiger partial charge in [-0.25, -0.2) is 0 Å². The van der Waals surface area contributed by atoms with Crippen LogP contribution < -0.4 is 0 Å². The number of hydrogen-bond acceptors (Lipinski definition) is 0. The van der Waals surface area contributed by atoms with E-state index in [2.05, 4.69) is 44.3 Å². The third kappa shape index (κ3) is 3.44. The lowest BCUT2D eigenvalue weighted by Crippen LogP contribution is -1.86. The molecule has 0 saturated heterocycles. The zero-order chi connectivity index (χ0) is 10.4. The van der Waals surface area contributed by atoms with E-state index in [0.717, 1.165) is 12.0 Å². The van der Waals surface area contributed by atoms with Crippen LogP contribution in [-0.4, -0.2) is 0 Å². The molecule has 0 atom stereocenters. The predicted molar refractivity (Wildman–Crippen MR) is 63.4 cm³/mol. The summed E-state index contributed by atoms with van der Waals surface area (Å²) in [5.74, 6) is 0. The summed E-state index contributed by atoms with van der Waals surface area (Å²) in [4.78, 5) is 0. The van der Waals surface area contributed by atoms with E-state index < -0.39 is 0 Å². The van der Waals surface area contributed by atoms with Gasteiger partial charge in [0.25, 0.3) is 0 Å². The number of allylic oxidation sites excluding steroid dienone is 4.